The van der Waals surface area contributed by atoms with Gasteiger partial charge in [0.05, 0.1) is 33.0 Å². The van der Waals surface area contributed by atoms with Crippen molar-refractivity contribution in [3.63, 3.8) is 0 Å². The Morgan fingerprint density at radius 3 is 2.51 bits per heavy atom. The third kappa shape index (κ3) is 4.49. The summed E-state index contributed by atoms with van der Waals surface area (Å²) in [5.74, 6) is -3.28. The second-order valence-electron chi connectivity index (χ2n) is 8.56. The van der Waals surface area contributed by atoms with Crippen LogP contribution < -0.4 is 16.0 Å². The molecule has 0 saturated heterocycles. The van der Waals surface area contributed by atoms with E-state index in [-0.39, 0.29) is 27.4 Å². The van der Waals surface area contributed by atoms with Gasteiger partial charge in [-0.05, 0) is 61.6 Å². The zero-order valence-electron chi connectivity index (χ0n) is 19.3. The minimum Gasteiger partial charge on any atom is -0.452 e. The number of amides is 4. The molecule has 5 rings (SSSR count). The number of ether oxygens (including phenoxy) is 1. The van der Waals surface area contributed by atoms with E-state index >= 15 is 0 Å². The second kappa shape index (κ2) is 9.79. The molecular weight excluding hydrogens is 518 g/mol. The summed E-state index contributed by atoms with van der Waals surface area (Å²) in [6, 6.07) is 10.4. The Morgan fingerprint density at radius 1 is 1.03 bits per heavy atom. The van der Waals surface area contributed by atoms with Gasteiger partial charge >= 0.3 is 5.97 Å². The van der Waals surface area contributed by atoms with Crippen molar-refractivity contribution >= 4 is 63.2 Å². The van der Waals surface area contributed by atoms with Gasteiger partial charge in [0.25, 0.3) is 23.6 Å². The smallest absolute Gasteiger partial charge is 0.338 e. The number of thiophene rings is 1. The highest BCUT2D eigenvalue weighted by molar-refractivity contribution is 7.17. The van der Waals surface area contributed by atoms with Crippen molar-refractivity contribution < 1.29 is 28.7 Å². The van der Waals surface area contributed by atoms with Crippen LogP contribution in [0.4, 0.5) is 10.7 Å². The molecule has 11 heteroatoms. The number of benzene rings is 2. The molecule has 0 fully saturated rings. The van der Waals surface area contributed by atoms with Gasteiger partial charge in [0.1, 0.15) is 5.00 Å². The first-order chi connectivity index (χ1) is 17.8. The van der Waals surface area contributed by atoms with E-state index in [9.17, 15) is 24.0 Å². The molecule has 0 bridgehead atoms. The van der Waals surface area contributed by atoms with Crippen LogP contribution >= 0.6 is 22.9 Å². The van der Waals surface area contributed by atoms with Crippen LogP contribution in [0.25, 0.3) is 0 Å². The lowest BCUT2D eigenvalue weighted by Crippen LogP contribution is -2.29. The molecule has 1 aliphatic heterocycles. The molecule has 0 unspecified atom stereocenters. The van der Waals surface area contributed by atoms with E-state index in [4.69, 9.17) is 22.1 Å². The number of hydrogen-bond acceptors (Lipinski definition) is 7. The number of aryl methyl sites for hydroxylation is 1. The van der Waals surface area contributed by atoms with Gasteiger partial charge in [0.15, 0.2) is 6.61 Å². The summed E-state index contributed by atoms with van der Waals surface area (Å²) in [6.07, 6.45) is 3.49. The largest absolute Gasteiger partial charge is 0.452 e. The molecule has 2 aromatic carbocycles. The van der Waals surface area contributed by atoms with Crippen molar-refractivity contribution in [2.75, 3.05) is 16.8 Å². The number of anilines is 2. The fraction of sp³-hybridized carbons (Fsp3) is 0.192. The minimum absolute atomic E-state index is 0.00174. The highest BCUT2D eigenvalue weighted by Crippen LogP contribution is 2.38. The summed E-state index contributed by atoms with van der Waals surface area (Å²) in [4.78, 5) is 64.9. The molecule has 4 amide bonds. The number of nitrogens with zero attached hydrogens (tertiary/aromatic N) is 1. The lowest BCUT2D eigenvalue weighted by molar-refractivity contribution is -0.119. The minimum atomic E-state index is -0.852. The van der Waals surface area contributed by atoms with E-state index in [0.29, 0.717) is 10.6 Å². The van der Waals surface area contributed by atoms with Crippen LogP contribution in [-0.2, 0) is 22.4 Å². The number of halogens is 1. The molecule has 2 heterocycles. The molecule has 1 aliphatic carbocycles. The van der Waals surface area contributed by atoms with E-state index in [2.05, 4.69) is 5.32 Å². The molecule has 37 heavy (non-hydrogen) atoms. The maximum absolute atomic E-state index is 13.0. The number of carbonyl (C=O) groups excluding carboxylic acids is 5. The molecule has 188 valence electrons. The number of rotatable bonds is 6. The van der Waals surface area contributed by atoms with E-state index in [0.717, 1.165) is 41.0 Å². The number of primary amides is 1. The average Bonchev–Trinajstić information content (AvgIpc) is 3.37. The van der Waals surface area contributed by atoms with Crippen molar-refractivity contribution in [2.45, 2.75) is 25.7 Å². The number of esters is 1. The molecule has 3 aromatic rings. The van der Waals surface area contributed by atoms with Crippen LogP contribution in [-0.4, -0.2) is 36.2 Å². The monoisotopic (exact) mass is 537 g/mol. The topological polar surface area (TPSA) is 136 Å². The summed E-state index contributed by atoms with van der Waals surface area (Å²) < 4.78 is 5.12. The predicted molar refractivity (Wildman–Crippen MR) is 137 cm³/mol. The van der Waals surface area contributed by atoms with E-state index < -0.39 is 36.2 Å². The van der Waals surface area contributed by atoms with Crippen LogP contribution in [0.15, 0.2) is 42.5 Å². The van der Waals surface area contributed by atoms with Gasteiger partial charge < -0.3 is 15.8 Å². The Bertz CT molecular complexity index is 1500. The normalized spacial score (nSPS) is 14.2. The molecule has 1 aromatic heterocycles. The standard InChI is InChI=1S/C26H20ClN3O6S/c27-17-6-2-3-7-18(17)30-24(33)14-10-9-13(11-16(14)25(30)34)26(35)36-12-20(31)29-23-21(22(28)32)15-5-1-4-8-19(15)37-23/h2-3,6-7,9-11H,1,4-5,8,12H2,(H2,28,32)(H,29,31). The number of nitrogens with one attached hydrogen (secondary N) is 1. The van der Waals surface area contributed by atoms with Crippen LogP contribution in [0.3, 0.4) is 0 Å². The summed E-state index contributed by atoms with van der Waals surface area (Å²) in [7, 11) is 0. The quantitative estimate of drug-likeness (QED) is 0.360. The molecule has 0 atom stereocenters. The SMILES string of the molecule is NC(=O)c1c(NC(=O)COC(=O)c2ccc3c(c2)C(=O)N(c2ccccc2Cl)C3=O)sc2c1CCCC2. The van der Waals surface area contributed by atoms with Crippen molar-refractivity contribution in [3.8, 4) is 0 Å². The fourth-order valence-corrected chi connectivity index (χ4v) is 6.04. The summed E-state index contributed by atoms with van der Waals surface area (Å²) in [5.41, 5.74) is 7.12. The molecular formula is C26H20ClN3O6S. The van der Waals surface area contributed by atoms with Gasteiger partial charge in [-0.3, -0.25) is 19.2 Å². The zero-order valence-corrected chi connectivity index (χ0v) is 20.9. The first kappa shape index (κ1) is 24.7. The fourth-order valence-electron chi connectivity index (χ4n) is 4.51. The van der Waals surface area contributed by atoms with Gasteiger partial charge in [-0.1, -0.05) is 23.7 Å². The van der Waals surface area contributed by atoms with Gasteiger partial charge in [0, 0.05) is 4.88 Å². The van der Waals surface area contributed by atoms with Gasteiger partial charge in [-0.25, -0.2) is 9.69 Å². The first-order valence-electron chi connectivity index (χ1n) is 11.4. The summed E-state index contributed by atoms with van der Waals surface area (Å²) >= 11 is 7.47. The number of hydrogen-bond donors (Lipinski definition) is 2. The Kier molecular flexibility index (Phi) is 6.53. The summed E-state index contributed by atoms with van der Waals surface area (Å²) in [6.45, 7) is -0.616. The maximum atomic E-state index is 13.0. The Morgan fingerprint density at radius 2 is 1.76 bits per heavy atom. The highest BCUT2D eigenvalue weighted by Gasteiger charge is 2.38. The number of nitrogens with two attached hydrogens (primary N) is 1. The number of fused-ring (bicyclic) bond motifs is 2. The molecule has 0 spiro atoms. The predicted octanol–water partition coefficient (Wildman–Crippen LogP) is 3.98. The third-order valence-corrected chi connectivity index (χ3v) is 7.75. The lowest BCUT2D eigenvalue weighted by Gasteiger charge is -2.15. The Hall–Kier alpha value is -4.02. The van der Waals surface area contributed by atoms with Crippen LogP contribution in [0, 0.1) is 0 Å². The number of carbonyl (C=O) groups is 5. The Balaban J connectivity index is 1.28. The van der Waals surface area contributed by atoms with E-state index in [1.54, 1.807) is 24.3 Å². The third-order valence-electron chi connectivity index (χ3n) is 6.22. The zero-order chi connectivity index (χ0) is 26.3. The van der Waals surface area contributed by atoms with E-state index in [1.807, 2.05) is 0 Å². The lowest BCUT2D eigenvalue weighted by atomic mass is 9.95. The van der Waals surface area contributed by atoms with Crippen molar-refractivity contribution in [1.82, 2.24) is 0 Å². The van der Waals surface area contributed by atoms with Crippen molar-refractivity contribution in [3.05, 3.63) is 80.2 Å². The van der Waals surface area contributed by atoms with Gasteiger partial charge in [0.2, 0.25) is 0 Å². The molecule has 0 radical (unpaired) electrons. The number of para-hydroxylation sites is 1. The van der Waals surface area contributed by atoms with Gasteiger partial charge in [-0.15, -0.1) is 11.3 Å². The Labute approximate surface area is 220 Å². The number of imide groups is 1. The molecule has 9 nitrogen and oxygen atoms in total. The van der Waals surface area contributed by atoms with Crippen LogP contribution in [0.2, 0.25) is 5.02 Å². The van der Waals surface area contributed by atoms with Gasteiger partial charge in [-0.2, -0.15) is 0 Å². The summed E-state index contributed by atoms with van der Waals surface area (Å²) in [5, 5.41) is 3.20. The molecule has 2 aliphatic rings. The molecule has 3 N–H and O–H groups in total. The van der Waals surface area contributed by atoms with Crippen molar-refractivity contribution in [2.24, 2.45) is 5.73 Å². The average molecular weight is 538 g/mol. The molecule has 0 saturated carbocycles. The van der Waals surface area contributed by atoms with Crippen molar-refractivity contribution in [1.29, 1.82) is 0 Å². The first-order valence-corrected chi connectivity index (χ1v) is 12.6. The van der Waals surface area contributed by atoms with Crippen LogP contribution in [0.1, 0.15) is 64.7 Å². The second-order valence-corrected chi connectivity index (χ2v) is 10.1. The highest BCUT2D eigenvalue weighted by atomic mass is 35.5. The van der Waals surface area contributed by atoms with Crippen LogP contribution in [0.5, 0.6) is 0 Å². The van der Waals surface area contributed by atoms with E-state index in [1.165, 1.54) is 29.5 Å². The maximum Gasteiger partial charge on any atom is 0.338 e.